The second-order valence-corrected chi connectivity index (χ2v) is 17.1. The molecule has 4 aromatic rings. The Hall–Kier alpha value is -5.86. The number of amides is 4. The maximum atomic E-state index is 14.7. The van der Waals surface area contributed by atoms with Crippen LogP contribution in [0.2, 0.25) is 0 Å². The standard InChI is InChI=1S/C49H61N5O8S/c1-48(2,3)62-47(60)53-28-26-35(27-29-53)15-13-14-30-61-40-24-22-36(23-25-40)31-41(46(58)59)52-45(57)42(34-63)54(44(56)33-51-43(55)32-50)49(37-16-7-4-8-17-37,38-18-9-5-10-19-38)39-20-11-6-12-21-39/h4-12,16-25,35,41-42,63H,13-15,26-34,50H2,1-3H3,(H,51,55)(H,52,57)(H,58,59)/t41-,42+/m0/s1. The molecule has 336 valence electrons. The van der Waals surface area contributed by atoms with Crippen molar-refractivity contribution in [3.05, 3.63) is 138 Å². The molecule has 0 aliphatic carbocycles. The molecular weight excluding hydrogens is 819 g/mol. The zero-order valence-corrected chi connectivity index (χ0v) is 37.3. The van der Waals surface area contributed by atoms with Crippen molar-refractivity contribution >= 4 is 42.4 Å². The summed E-state index contributed by atoms with van der Waals surface area (Å²) < 4.78 is 11.5. The highest BCUT2D eigenvalue weighted by Crippen LogP contribution is 2.44. The van der Waals surface area contributed by atoms with Gasteiger partial charge in [0.25, 0.3) is 0 Å². The number of benzene rings is 4. The maximum Gasteiger partial charge on any atom is 0.410 e. The van der Waals surface area contributed by atoms with E-state index in [4.69, 9.17) is 15.2 Å². The number of nitrogens with zero attached hydrogens (tertiary/aromatic N) is 2. The Labute approximate surface area is 376 Å². The Morgan fingerprint density at radius 1 is 0.825 bits per heavy atom. The number of rotatable bonds is 20. The van der Waals surface area contributed by atoms with Crippen molar-refractivity contribution in [3.63, 3.8) is 0 Å². The minimum Gasteiger partial charge on any atom is -0.494 e. The van der Waals surface area contributed by atoms with Crippen LogP contribution in [0.4, 0.5) is 4.79 Å². The summed E-state index contributed by atoms with van der Waals surface area (Å²) in [6.45, 7) is 6.72. The smallest absolute Gasteiger partial charge is 0.410 e. The summed E-state index contributed by atoms with van der Waals surface area (Å²) in [4.78, 5) is 70.1. The van der Waals surface area contributed by atoms with Gasteiger partial charge in [0.2, 0.25) is 17.7 Å². The molecule has 1 aliphatic heterocycles. The minimum absolute atomic E-state index is 0.0465. The van der Waals surface area contributed by atoms with Crippen molar-refractivity contribution in [2.45, 2.75) is 82.5 Å². The predicted octanol–water partition coefficient (Wildman–Crippen LogP) is 6.19. The first-order chi connectivity index (χ1) is 30.3. The molecule has 1 aliphatic rings. The lowest BCUT2D eigenvalue weighted by Crippen LogP contribution is -2.63. The molecule has 1 heterocycles. The summed E-state index contributed by atoms with van der Waals surface area (Å²) in [6.07, 6.45) is 4.54. The number of carboxylic acids is 1. The van der Waals surface area contributed by atoms with Crippen LogP contribution in [0.5, 0.6) is 5.75 Å². The molecule has 2 atom stereocenters. The fourth-order valence-electron chi connectivity index (χ4n) is 8.04. The van der Waals surface area contributed by atoms with Crippen molar-refractivity contribution in [3.8, 4) is 5.75 Å². The summed E-state index contributed by atoms with van der Waals surface area (Å²) in [5.74, 6) is -2.17. The van der Waals surface area contributed by atoms with E-state index in [0.29, 0.717) is 53.6 Å². The van der Waals surface area contributed by atoms with Crippen LogP contribution in [-0.2, 0) is 35.9 Å². The second kappa shape index (κ2) is 23.0. The highest BCUT2D eigenvalue weighted by Gasteiger charge is 2.49. The number of likely N-dealkylation sites (tertiary alicyclic amines) is 1. The molecule has 0 radical (unpaired) electrons. The number of piperidine rings is 1. The maximum absolute atomic E-state index is 14.7. The zero-order chi connectivity index (χ0) is 45.4. The lowest BCUT2D eigenvalue weighted by Gasteiger charge is -2.48. The second-order valence-electron chi connectivity index (χ2n) is 16.8. The van der Waals surface area contributed by atoms with Crippen molar-refractivity contribution in [2.75, 3.05) is 38.5 Å². The van der Waals surface area contributed by atoms with Gasteiger partial charge < -0.3 is 40.7 Å². The number of unbranched alkanes of at least 4 members (excludes halogenated alkanes) is 1. The number of carboxylic acid groups (broad SMARTS) is 1. The molecular formula is C49H61N5O8S. The van der Waals surface area contributed by atoms with Gasteiger partial charge >= 0.3 is 12.1 Å². The van der Waals surface area contributed by atoms with Gasteiger partial charge in [0.05, 0.1) is 19.7 Å². The number of aliphatic carboxylic acids is 1. The highest BCUT2D eigenvalue weighted by atomic mass is 32.1. The van der Waals surface area contributed by atoms with Gasteiger partial charge in [-0.05, 0) is 86.8 Å². The van der Waals surface area contributed by atoms with Crippen LogP contribution in [-0.4, -0.2) is 101 Å². The van der Waals surface area contributed by atoms with E-state index in [2.05, 4.69) is 23.3 Å². The van der Waals surface area contributed by atoms with E-state index in [1.54, 1.807) is 29.2 Å². The van der Waals surface area contributed by atoms with Crippen molar-refractivity contribution in [1.82, 2.24) is 20.4 Å². The molecule has 13 nitrogen and oxygen atoms in total. The van der Waals surface area contributed by atoms with Gasteiger partial charge in [-0.25, -0.2) is 9.59 Å². The molecule has 0 bridgehead atoms. The molecule has 14 heteroatoms. The van der Waals surface area contributed by atoms with Crippen LogP contribution in [0.15, 0.2) is 115 Å². The lowest BCUT2D eigenvalue weighted by molar-refractivity contribution is -0.147. The molecule has 1 fully saturated rings. The van der Waals surface area contributed by atoms with E-state index in [9.17, 15) is 29.1 Å². The number of carbonyl (C=O) groups is 5. The Balaban J connectivity index is 1.29. The van der Waals surface area contributed by atoms with Gasteiger partial charge in [0.15, 0.2) is 0 Å². The van der Waals surface area contributed by atoms with Gasteiger partial charge in [-0.15, -0.1) is 0 Å². The van der Waals surface area contributed by atoms with Crippen LogP contribution < -0.4 is 21.1 Å². The molecule has 63 heavy (non-hydrogen) atoms. The first kappa shape index (κ1) is 48.2. The quantitative estimate of drug-likeness (QED) is 0.0393. The summed E-state index contributed by atoms with van der Waals surface area (Å²) in [5, 5.41) is 15.7. The Morgan fingerprint density at radius 3 is 1.84 bits per heavy atom. The van der Waals surface area contributed by atoms with E-state index >= 15 is 0 Å². The molecule has 4 amide bonds. The lowest BCUT2D eigenvalue weighted by atomic mass is 9.74. The Morgan fingerprint density at radius 2 is 1.37 bits per heavy atom. The van der Waals surface area contributed by atoms with Crippen LogP contribution in [0, 0.1) is 5.92 Å². The van der Waals surface area contributed by atoms with E-state index in [1.807, 2.05) is 112 Å². The fourth-order valence-corrected chi connectivity index (χ4v) is 8.37. The molecule has 1 saturated heterocycles. The highest BCUT2D eigenvalue weighted by molar-refractivity contribution is 7.80. The van der Waals surface area contributed by atoms with Gasteiger partial charge in [-0.2, -0.15) is 12.6 Å². The van der Waals surface area contributed by atoms with Crippen LogP contribution in [0.1, 0.15) is 75.1 Å². The number of nitrogens with one attached hydrogen (secondary N) is 2. The minimum atomic E-state index is -1.45. The van der Waals surface area contributed by atoms with Crippen LogP contribution in [0.3, 0.4) is 0 Å². The average molecular weight is 880 g/mol. The van der Waals surface area contributed by atoms with Crippen molar-refractivity contribution in [1.29, 1.82) is 0 Å². The first-order valence-corrected chi connectivity index (χ1v) is 22.2. The van der Waals surface area contributed by atoms with Gasteiger partial charge in [-0.3, -0.25) is 14.4 Å². The predicted molar refractivity (Wildman–Crippen MR) is 245 cm³/mol. The van der Waals surface area contributed by atoms with Gasteiger partial charge in [0, 0.05) is 25.3 Å². The molecule has 0 unspecified atom stereocenters. The Kier molecular flexibility index (Phi) is 17.6. The molecule has 0 saturated carbocycles. The van der Waals surface area contributed by atoms with E-state index in [0.717, 1.165) is 32.1 Å². The summed E-state index contributed by atoms with van der Waals surface area (Å²) in [7, 11) is 0. The molecule has 0 spiro atoms. The number of ether oxygens (including phenoxy) is 2. The van der Waals surface area contributed by atoms with Crippen LogP contribution in [0.25, 0.3) is 0 Å². The third-order valence-corrected chi connectivity index (χ3v) is 11.5. The number of nitrogens with two attached hydrogens (primary N) is 1. The fraction of sp³-hybridized carbons (Fsp3) is 0.408. The summed E-state index contributed by atoms with van der Waals surface area (Å²) >= 11 is 4.62. The van der Waals surface area contributed by atoms with Gasteiger partial charge in [-0.1, -0.05) is 110 Å². The van der Waals surface area contributed by atoms with Gasteiger partial charge in [0.1, 0.15) is 29.0 Å². The average Bonchev–Trinajstić information content (AvgIpc) is 3.28. The third-order valence-electron chi connectivity index (χ3n) is 11.1. The van der Waals surface area contributed by atoms with Crippen molar-refractivity contribution in [2.24, 2.45) is 11.7 Å². The first-order valence-electron chi connectivity index (χ1n) is 21.6. The topological polar surface area (TPSA) is 181 Å². The molecule has 0 aromatic heterocycles. The summed E-state index contributed by atoms with van der Waals surface area (Å²) in [6, 6.07) is 32.1. The normalized spacial score (nSPS) is 14.2. The number of thiol groups is 1. The zero-order valence-electron chi connectivity index (χ0n) is 36.4. The van der Waals surface area contributed by atoms with E-state index in [1.165, 1.54) is 4.90 Å². The van der Waals surface area contributed by atoms with E-state index < -0.39 is 53.5 Å². The monoisotopic (exact) mass is 879 g/mol. The third kappa shape index (κ3) is 13.1. The van der Waals surface area contributed by atoms with Crippen LogP contribution >= 0.6 is 12.6 Å². The van der Waals surface area contributed by atoms with E-state index in [-0.39, 0.29) is 24.8 Å². The molecule has 5 rings (SSSR count). The number of hydrogen-bond donors (Lipinski definition) is 5. The van der Waals surface area contributed by atoms with Crippen molar-refractivity contribution < 1.29 is 38.6 Å². The SMILES string of the molecule is CC(C)(C)OC(=O)N1CCC(CCCCOc2ccc(C[C@H](NC(=O)[C@@H](CS)N(C(=O)CNC(=O)CN)C(c3ccccc3)(c3ccccc3)c3ccccc3)C(=O)O)cc2)CC1. The summed E-state index contributed by atoms with van der Waals surface area (Å²) in [5.41, 5.74) is 6.21. The number of hydrogen-bond acceptors (Lipinski definition) is 9. The number of carbonyl (C=O) groups excluding carboxylic acids is 4. The largest absolute Gasteiger partial charge is 0.494 e. The molecule has 4 aromatic carbocycles. The molecule has 5 N–H and O–H groups in total. The Bertz CT molecular complexity index is 2000.